The third kappa shape index (κ3) is 4.31. The molecule has 246 valence electrons. The van der Waals surface area contributed by atoms with Gasteiger partial charge in [0.05, 0.1) is 33.4 Å². The van der Waals surface area contributed by atoms with Crippen molar-refractivity contribution in [3.8, 4) is 33.6 Å². The van der Waals surface area contributed by atoms with Crippen LogP contribution in [0.15, 0.2) is 188 Å². The standard InChI is InChI=1S/C50H31N3/c1-3-13-34(14-4-1)50(35-15-5-2-6-16-35)43-20-10-9-19-38(43)41-26-29-46-42(47(41)50)27-30-44(52-46)39-24-25-40(37-18-8-7-17-36(37)39)45-28-23-33-22-21-32-12-11-31-51-48(32)49(33)53-45/h1-31H. The van der Waals surface area contributed by atoms with Crippen molar-refractivity contribution in [3.63, 3.8) is 0 Å². The Hall–Kier alpha value is -6.97. The van der Waals surface area contributed by atoms with E-state index in [4.69, 9.17) is 15.0 Å². The summed E-state index contributed by atoms with van der Waals surface area (Å²) in [5.74, 6) is 0. The van der Waals surface area contributed by atoms with Gasteiger partial charge >= 0.3 is 0 Å². The second kappa shape index (κ2) is 11.5. The molecule has 3 heterocycles. The summed E-state index contributed by atoms with van der Waals surface area (Å²) in [5, 5.41) is 5.62. The molecule has 0 saturated carbocycles. The van der Waals surface area contributed by atoms with Gasteiger partial charge in [-0.05, 0) is 68.4 Å². The monoisotopic (exact) mass is 673 g/mol. The van der Waals surface area contributed by atoms with Crippen LogP contribution in [0.3, 0.4) is 0 Å². The third-order valence-corrected chi connectivity index (χ3v) is 11.2. The zero-order chi connectivity index (χ0) is 34.9. The van der Waals surface area contributed by atoms with Crippen LogP contribution in [0.1, 0.15) is 22.3 Å². The highest BCUT2D eigenvalue weighted by atomic mass is 14.8. The van der Waals surface area contributed by atoms with Crippen molar-refractivity contribution in [2.75, 3.05) is 0 Å². The number of aromatic nitrogens is 3. The summed E-state index contributed by atoms with van der Waals surface area (Å²) in [6, 6.07) is 65.4. The molecule has 1 aliphatic carbocycles. The van der Waals surface area contributed by atoms with E-state index < -0.39 is 5.41 Å². The molecule has 1 aliphatic rings. The van der Waals surface area contributed by atoms with Crippen LogP contribution in [-0.4, -0.2) is 15.0 Å². The predicted octanol–water partition coefficient (Wildman–Crippen LogP) is 12.2. The fraction of sp³-hybridized carbons (Fsp3) is 0.0200. The van der Waals surface area contributed by atoms with E-state index in [0.717, 1.165) is 66.0 Å². The van der Waals surface area contributed by atoms with Gasteiger partial charge in [0.15, 0.2) is 0 Å². The number of rotatable bonds is 4. The van der Waals surface area contributed by atoms with Gasteiger partial charge in [-0.3, -0.25) is 4.98 Å². The maximum atomic E-state index is 5.44. The third-order valence-electron chi connectivity index (χ3n) is 11.2. The quantitative estimate of drug-likeness (QED) is 0.175. The van der Waals surface area contributed by atoms with E-state index in [-0.39, 0.29) is 0 Å². The minimum Gasteiger partial charge on any atom is -0.254 e. The van der Waals surface area contributed by atoms with E-state index >= 15 is 0 Å². The van der Waals surface area contributed by atoms with Crippen LogP contribution in [0.5, 0.6) is 0 Å². The summed E-state index contributed by atoms with van der Waals surface area (Å²) in [7, 11) is 0. The molecule has 7 aromatic carbocycles. The zero-order valence-corrected chi connectivity index (χ0v) is 28.7. The Labute approximate surface area is 306 Å². The fourth-order valence-corrected chi connectivity index (χ4v) is 8.92. The Morgan fingerprint density at radius 2 is 0.943 bits per heavy atom. The lowest BCUT2D eigenvalue weighted by atomic mass is 9.67. The molecule has 3 nitrogen and oxygen atoms in total. The van der Waals surface area contributed by atoms with Gasteiger partial charge in [-0.1, -0.05) is 158 Å². The van der Waals surface area contributed by atoms with Crippen molar-refractivity contribution >= 4 is 43.5 Å². The van der Waals surface area contributed by atoms with Gasteiger partial charge in [-0.25, -0.2) is 9.97 Å². The molecule has 53 heavy (non-hydrogen) atoms. The van der Waals surface area contributed by atoms with Gasteiger partial charge in [-0.15, -0.1) is 0 Å². The first-order valence-electron chi connectivity index (χ1n) is 18.1. The summed E-state index contributed by atoms with van der Waals surface area (Å²) in [6.45, 7) is 0. The van der Waals surface area contributed by atoms with Gasteiger partial charge in [-0.2, -0.15) is 0 Å². The van der Waals surface area contributed by atoms with Crippen LogP contribution in [0.2, 0.25) is 0 Å². The second-order valence-electron chi connectivity index (χ2n) is 13.9. The van der Waals surface area contributed by atoms with Crippen LogP contribution in [0, 0.1) is 0 Å². The largest absolute Gasteiger partial charge is 0.254 e. The highest BCUT2D eigenvalue weighted by Crippen LogP contribution is 2.58. The van der Waals surface area contributed by atoms with Gasteiger partial charge in [0.2, 0.25) is 0 Å². The topological polar surface area (TPSA) is 38.7 Å². The number of hydrogen-bond donors (Lipinski definition) is 0. The highest BCUT2D eigenvalue weighted by molar-refractivity contribution is 6.07. The lowest BCUT2D eigenvalue weighted by Gasteiger charge is -2.34. The Morgan fingerprint density at radius 1 is 0.358 bits per heavy atom. The minimum absolute atomic E-state index is 0.487. The number of hydrogen-bond acceptors (Lipinski definition) is 3. The molecule has 0 bridgehead atoms. The number of fused-ring (bicyclic) bond motifs is 9. The van der Waals surface area contributed by atoms with Gasteiger partial charge in [0, 0.05) is 33.5 Å². The predicted molar refractivity (Wildman–Crippen MR) is 218 cm³/mol. The molecule has 3 aromatic heterocycles. The molecule has 0 fully saturated rings. The Morgan fingerprint density at radius 3 is 1.68 bits per heavy atom. The normalized spacial score (nSPS) is 13.1. The first-order valence-corrected chi connectivity index (χ1v) is 18.1. The smallest absolute Gasteiger partial charge is 0.0972 e. The van der Waals surface area contributed by atoms with Crippen molar-refractivity contribution in [3.05, 3.63) is 210 Å². The Kier molecular flexibility index (Phi) is 6.47. The Bertz CT molecular complexity index is 3020. The average molecular weight is 674 g/mol. The van der Waals surface area contributed by atoms with Crippen molar-refractivity contribution < 1.29 is 0 Å². The fourth-order valence-electron chi connectivity index (χ4n) is 8.92. The van der Waals surface area contributed by atoms with Crippen molar-refractivity contribution in [2.45, 2.75) is 5.41 Å². The summed E-state index contributed by atoms with van der Waals surface area (Å²) in [6.07, 6.45) is 1.84. The van der Waals surface area contributed by atoms with Crippen molar-refractivity contribution in [1.82, 2.24) is 15.0 Å². The maximum Gasteiger partial charge on any atom is 0.0972 e. The second-order valence-corrected chi connectivity index (χ2v) is 13.9. The van der Waals surface area contributed by atoms with Gasteiger partial charge < -0.3 is 0 Å². The molecule has 0 amide bonds. The van der Waals surface area contributed by atoms with E-state index in [1.165, 1.54) is 33.4 Å². The molecule has 0 aliphatic heterocycles. The van der Waals surface area contributed by atoms with E-state index in [2.05, 4.69) is 176 Å². The van der Waals surface area contributed by atoms with Crippen molar-refractivity contribution in [2.24, 2.45) is 0 Å². The molecule has 0 radical (unpaired) electrons. The number of pyridine rings is 3. The molecular weight excluding hydrogens is 643 g/mol. The van der Waals surface area contributed by atoms with Crippen molar-refractivity contribution in [1.29, 1.82) is 0 Å². The summed E-state index contributed by atoms with van der Waals surface area (Å²) in [4.78, 5) is 15.3. The number of benzene rings is 7. The average Bonchev–Trinajstić information content (AvgIpc) is 3.55. The molecule has 11 rings (SSSR count). The summed E-state index contributed by atoms with van der Waals surface area (Å²) in [5.41, 5.74) is 14.0. The highest BCUT2D eigenvalue weighted by Gasteiger charge is 2.47. The van der Waals surface area contributed by atoms with Crippen LogP contribution in [0.4, 0.5) is 0 Å². The van der Waals surface area contributed by atoms with Gasteiger partial charge in [0.25, 0.3) is 0 Å². The SMILES string of the molecule is c1ccc(C2(c3ccccc3)c3ccccc3-c3ccc4nc(-c5ccc(-c6ccc7ccc8cccnc8c7n6)c6ccccc56)ccc4c32)cc1. The summed E-state index contributed by atoms with van der Waals surface area (Å²) < 4.78 is 0. The first kappa shape index (κ1) is 29.7. The molecule has 0 atom stereocenters. The molecule has 0 N–H and O–H groups in total. The molecule has 0 unspecified atom stereocenters. The van der Waals surface area contributed by atoms with Gasteiger partial charge in [0.1, 0.15) is 0 Å². The van der Waals surface area contributed by atoms with Crippen LogP contribution >= 0.6 is 0 Å². The lowest BCUT2D eigenvalue weighted by molar-refractivity contribution is 0.775. The lowest BCUT2D eigenvalue weighted by Crippen LogP contribution is -2.28. The molecule has 10 aromatic rings. The molecule has 3 heteroatoms. The van der Waals surface area contributed by atoms with E-state index in [9.17, 15) is 0 Å². The van der Waals surface area contributed by atoms with Crippen LogP contribution < -0.4 is 0 Å². The molecule has 0 spiro atoms. The minimum atomic E-state index is -0.487. The van der Waals surface area contributed by atoms with E-state index in [1.807, 2.05) is 12.3 Å². The maximum absolute atomic E-state index is 5.44. The zero-order valence-electron chi connectivity index (χ0n) is 28.7. The molecular formula is C50H31N3. The Balaban J connectivity index is 1.11. The van der Waals surface area contributed by atoms with Crippen LogP contribution in [0.25, 0.3) is 77.1 Å². The van der Waals surface area contributed by atoms with E-state index in [1.54, 1.807) is 0 Å². The van der Waals surface area contributed by atoms with Crippen LogP contribution in [-0.2, 0) is 5.41 Å². The summed E-state index contributed by atoms with van der Waals surface area (Å²) >= 11 is 0. The molecule has 0 saturated heterocycles. The van der Waals surface area contributed by atoms with E-state index in [0.29, 0.717) is 0 Å². The first-order chi connectivity index (χ1) is 26.3. The number of nitrogens with zero attached hydrogens (tertiary/aromatic N) is 3.